The van der Waals surface area contributed by atoms with Crippen molar-refractivity contribution in [3.63, 3.8) is 0 Å². The molecule has 0 heterocycles. The number of para-hydroxylation sites is 1. The monoisotopic (exact) mass is 390 g/mol. The number of ether oxygens (including phenoxy) is 2. The van der Waals surface area contributed by atoms with Gasteiger partial charge in [-0.3, -0.25) is 0 Å². The van der Waals surface area contributed by atoms with E-state index in [-0.39, 0.29) is 12.5 Å². The lowest BCUT2D eigenvalue weighted by atomic mass is 10.1. The van der Waals surface area contributed by atoms with Crippen molar-refractivity contribution in [2.45, 2.75) is 26.5 Å². The molecule has 0 unspecified atom stereocenters. The zero-order chi connectivity index (χ0) is 19.8. The minimum atomic E-state index is -0.793. The van der Waals surface area contributed by atoms with Gasteiger partial charge in [0.25, 0.3) is 0 Å². The van der Waals surface area contributed by atoms with Crippen LogP contribution in [0.4, 0.5) is 10.5 Å². The number of amides is 2. The van der Waals surface area contributed by atoms with Crippen molar-refractivity contribution < 1.29 is 19.1 Å². The Labute approximate surface area is 163 Å². The van der Waals surface area contributed by atoms with Crippen molar-refractivity contribution in [3.05, 3.63) is 59.1 Å². The quantitative estimate of drug-likeness (QED) is 0.693. The fraction of sp³-hybridized carbons (Fsp3) is 0.300. The molecule has 6 nitrogen and oxygen atoms in total. The van der Waals surface area contributed by atoms with E-state index in [1.165, 1.54) is 7.11 Å². The van der Waals surface area contributed by atoms with Crippen LogP contribution < -0.4 is 15.4 Å². The number of urea groups is 1. The smallest absolute Gasteiger partial charge is 0.329 e. The molecule has 144 valence electrons. The molecule has 2 aromatic rings. The van der Waals surface area contributed by atoms with E-state index in [1.54, 1.807) is 30.3 Å². The average Bonchev–Trinajstić information content (AvgIpc) is 2.65. The van der Waals surface area contributed by atoms with E-state index < -0.39 is 18.0 Å². The van der Waals surface area contributed by atoms with Gasteiger partial charge in [-0.15, -0.1) is 0 Å². The van der Waals surface area contributed by atoms with Crippen molar-refractivity contribution >= 4 is 29.3 Å². The molecule has 2 N–H and O–H groups in total. The molecule has 0 aliphatic rings. The molecule has 0 fully saturated rings. The lowest BCUT2D eigenvalue weighted by Crippen LogP contribution is -2.47. The number of methoxy groups -OCH3 is 1. The Bertz CT molecular complexity index is 781. The Morgan fingerprint density at radius 1 is 1.11 bits per heavy atom. The van der Waals surface area contributed by atoms with E-state index in [9.17, 15) is 9.59 Å². The number of esters is 1. The topological polar surface area (TPSA) is 76.7 Å². The molecule has 27 heavy (non-hydrogen) atoms. The lowest BCUT2D eigenvalue weighted by molar-refractivity contribution is -0.148. The summed E-state index contributed by atoms with van der Waals surface area (Å²) >= 11 is 5.99. The van der Waals surface area contributed by atoms with Crippen LogP contribution in [0, 0.1) is 5.92 Å². The third-order valence-electron chi connectivity index (χ3n) is 3.85. The maximum absolute atomic E-state index is 12.5. The third kappa shape index (κ3) is 6.18. The van der Waals surface area contributed by atoms with Crippen LogP contribution in [-0.2, 0) is 16.1 Å². The Morgan fingerprint density at radius 2 is 1.81 bits per heavy atom. The summed E-state index contributed by atoms with van der Waals surface area (Å²) in [6.07, 6.45) is 0. The van der Waals surface area contributed by atoms with Gasteiger partial charge in [0.05, 0.1) is 7.11 Å². The van der Waals surface area contributed by atoms with Gasteiger partial charge >= 0.3 is 12.0 Å². The highest BCUT2D eigenvalue weighted by atomic mass is 35.5. The van der Waals surface area contributed by atoms with E-state index in [2.05, 4.69) is 10.6 Å². The fourth-order valence-electron chi connectivity index (χ4n) is 2.43. The van der Waals surface area contributed by atoms with Gasteiger partial charge in [0, 0.05) is 16.3 Å². The second-order valence-electron chi connectivity index (χ2n) is 6.25. The first kappa shape index (κ1) is 20.6. The SMILES string of the molecule is COc1ccc(Cl)cc1COC(=O)[C@H](NC(=O)Nc1ccccc1)C(C)C. The molecule has 0 spiro atoms. The molecule has 0 aliphatic carbocycles. The van der Waals surface area contributed by atoms with Gasteiger partial charge in [-0.05, 0) is 36.2 Å². The largest absolute Gasteiger partial charge is 0.496 e. The van der Waals surface area contributed by atoms with E-state index in [4.69, 9.17) is 21.1 Å². The maximum Gasteiger partial charge on any atom is 0.329 e. The maximum atomic E-state index is 12.5. The van der Waals surface area contributed by atoms with Gasteiger partial charge in [-0.1, -0.05) is 43.6 Å². The second kappa shape index (κ2) is 9.83. The highest BCUT2D eigenvalue weighted by molar-refractivity contribution is 6.30. The molecule has 0 bridgehead atoms. The fourth-order valence-corrected chi connectivity index (χ4v) is 2.62. The second-order valence-corrected chi connectivity index (χ2v) is 6.69. The van der Waals surface area contributed by atoms with E-state index in [1.807, 2.05) is 32.0 Å². The number of benzene rings is 2. The minimum absolute atomic E-state index is 0.00618. The van der Waals surface area contributed by atoms with Crippen molar-refractivity contribution in [2.24, 2.45) is 5.92 Å². The van der Waals surface area contributed by atoms with Gasteiger partial charge in [-0.25, -0.2) is 9.59 Å². The van der Waals surface area contributed by atoms with Crippen LogP contribution in [-0.4, -0.2) is 25.2 Å². The number of rotatable bonds is 7. The van der Waals surface area contributed by atoms with Gasteiger partial charge in [-0.2, -0.15) is 0 Å². The van der Waals surface area contributed by atoms with E-state index in [0.717, 1.165) is 0 Å². The van der Waals surface area contributed by atoms with E-state index in [0.29, 0.717) is 22.0 Å². The summed E-state index contributed by atoms with van der Waals surface area (Å²) in [6.45, 7) is 3.65. The van der Waals surface area contributed by atoms with Crippen LogP contribution in [0.3, 0.4) is 0 Å². The Morgan fingerprint density at radius 3 is 2.44 bits per heavy atom. The number of hydrogen-bond acceptors (Lipinski definition) is 4. The highest BCUT2D eigenvalue weighted by Crippen LogP contribution is 2.23. The molecule has 0 aliphatic heterocycles. The van der Waals surface area contributed by atoms with Gasteiger partial charge in [0.2, 0.25) is 0 Å². The minimum Gasteiger partial charge on any atom is -0.496 e. The molecule has 2 amide bonds. The number of anilines is 1. The zero-order valence-corrected chi connectivity index (χ0v) is 16.2. The molecule has 0 aromatic heterocycles. The first-order valence-corrected chi connectivity index (χ1v) is 8.90. The summed E-state index contributed by atoms with van der Waals surface area (Å²) < 4.78 is 10.6. The molecule has 1 atom stereocenters. The highest BCUT2D eigenvalue weighted by Gasteiger charge is 2.26. The molecule has 2 rings (SSSR count). The molecule has 7 heteroatoms. The van der Waals surface area contributed by atoms with Crippen molar-refractivity contribution in [1.82, 2.24) is 5.32 Å². The number of carbonyl (C=O) groups is 2. The Hall–Kier alpha value is -2.73. The summed E-state index contributed by atoms with van der Waals surface area (Å²) in [5.74, 6) is -0.112. The van der Waals surface area contributed by atoms with Crippen molar-refractivity contribution in [1.29, 1.82) is 0 Å². The van der Waals surface area contributed by atoms with Crippen LogP contribution in [0.1, 0.15) is 19.4 Å². The molecule has 0 radical (unpaired) electrons. The first-order chi connectivity index (χ1) is 12.9. The van der Waals surface area contributed by atoms with Crippen LogP contribution >= 0.6 is 11.6 Å². The zero-order valence-electron chi connectivity index (χ0n) is 15.5. The van der Waals surface area contributed by atoms with Crippen LogP contribution in [0.15, 0.2) is 48.5 Å². The van der Waals surface area contributed by atoms with E-state index >= 15 is 0 Å². The van der Waals surface area contributed by atoms with Crippen LogP contribution in [0.5, 0.6) is 5.75 Å². The standard InChI is InChI=1S/C20H23ClN2O4/c1-13(2)18(23-20(25)22-16-7-5-4-6-8-16)19(24)27-12-14-11-15(21)9-10-17(14)26-3/h4-11,13,18H,12H2,1-3H3,(H2,22,23,25)/t18-/m1/s1. The normalized spacial score (nSPS) is 11.6. The number of carbonyl (C=O) groups excluding carboxylic acids is 2. The predicted molar refractivity (Wildman–Crippen MR) is 105 cm³/mol. The summed E-state index contributed by atoms with van der Waals surface area (Å²) in [5, 5.41) is 5.86. The summed E-state index contributed by atoms with van der Waals surface area (Å²) in [7, 11) is 1.53. The van der Waals surface area contributed by atoms with Gasteiger partial charge in [0.15, 0.2) is 0 Å². The Balaban J connectivity index is 1.98. The predicted octanol–water partition coefficient (Wildman–Crippen LogP) is 4.24. The Kier molecular flexibility index (Phi) is 7.49. The number of hydrogen-bond donors (Lipinski definition) is 2. The van der Waals surface area contributed by atoms with Crippen LogP contribution in [0.25, 0.3) is 0 Å². The first-order valence-electron chi connectivity index (χ1n) is 8.52. The van der Waals surface area contributed by atoms with Gasteiger partial charge in [0.1, 0.15) is 18.4 Å². The molecule has 0 saturated heterocycles. The average molecular weight is 391 g/mol. The van der Waals surface area contributed by atoms with Crippen LogP contribution in [0.2, 0.25) is 5.02 Å². The summed E-state index contributed by atoms with van der Waals surface area (Å²) in [5.41, 5.74) is 1.28. The molecular weight excluding hydrogens is 368 g/mol. The summed E-state index contributed by atoms with van der Waals surface area (Å²) in [4.78, 5) is 24.7. The lowest BCUT2D eigenvalue weighted by Gasteiger charge is -2.21. The molecular formula is C20H23ClN2O4. The van der Waals surface area contributed by atoms with Crippen molar-refractivity contribution in [3.8, 4) is 5.75 Å². The number of halogens is 1. The molecule has 2 aromatic carbocycles. The number of nitrogens with one attached hydrogen (secondary N) is 2. The molecule has 0 saturated carbocycles. The van der Waals surface area contributed by atoms with Crippen molar-refractivity contribution in [2.75, 3.05) is 12.4 Å². The summed E-state index contributed by atoms with van der Waals surface area (Å²) in [6, 6.07) is 12.8. The van der Waals surface area contributed by atoms with Gasteiger partial charge < -0.3 is 20.1 Å². The third-order valence-corrected chi connectivity index (χ3v) is 4.09.